The topological polar surface area (TPSA) is 76.0 Å². The van der Waals surface area contributed by atoms with Gasteiger partial charge in [0.1, 0.15) is 11.7 Å². The molecule has 6 heteroatoms. The second kappa shape index (κ2) is 8.50. The number of hydrogen-bond donors (Lipinski definition) is 2. The Morgan fingerprint density at radius 3 is 2.16 bits per heavy atom. The minimum absolute atomic E-state index is 0.0192. The highest BCUT2D eigenvalue weighted by molar-refractivity contribution is 5.92. The minimum Gasteiger partial charge on any atom is -0.352 e. The number of nitrogens with zero attached hydrogens (tertiary/aromatic N) is 2. The lowest BCUT2D eigenvalue weighted by Crippen LogP contribution is -2.40. The van der Waals surface area contributed by atoms with E-state index in [-0.39, 0.29) is 23.9 Å². The van der Waals surface area contributed by atoms with Crippen LogP contribution in [0.15, 0.2) is 12.3 Å². The van der Waals surface area contributed by atoms with Gasteiger partial charge in [-0.1, -0.05) is 38.5 Å². The molecule has 2 aliphatic carbocycles. The molecule has 2 aliphatic rings. The SMILES string of the molecule is CC(C(=O)NC1CCCCC1)n1ccc(C(=O)NC2CCCCC2)n1. The van der Waals surface area contributed by atoms with Crippen LogP contribution in [0.25, 0.3) is 0 Å². The Hall–Kier alpha value is -1.85. The van der Waals surface area contributed by atoms with Gasteiger partial charge in [-0.25, -0.2) is 0 Å². The molecule has 0 spiro atoms. The number of nitrogens with one attached hydrogen (secondary N) is 2. The number of carbonyl (C=O) groups excluding carboxylic acids is 2. The van der Waals surface area contributed by atoms with Gasteiger partial charge >= 0.3 is 0 Å². The van der Waals surface area contributed by atoms with E-state index in [1.54, 1.807) is 16.9 Å². The third-order valence-corrected chi connectivity index (χ3v) is 5.51. The minimum atomic E-state index is -0.404. The normalized spacial score (nSPS) is 20.8. The molecule has 2 fully saturated rings. The summed E-state index contributed by atoms with van der Waals surface area (Å²) in [6.07, 6.45) is 13.2. The quantitative estimate of drug-likeness (QED) is 0.860. The largest absolute Gasteiger partial charge is 0.352 e. The van der Waals surface area contributed by atoms with Crippen molar-refractivity contribution in [2.45, 2.75) is 89.3 Å². The zero-order valence-electron chi connectivity index (χ0n) is 15.2. The summed E-state index contributed by atoms with van der Waals surface area (Å²) in [6, 6.07) is 1.84. The predicted molar refractivity (Wildman–Crippen MR) is 96.3 cm³/mol. The Bertz CT molecular complexity index is 586. The van der Waals surface area contributed by atoms with Crippen LogP contribution in [0.5, 0.6) is 0 Å². The molecule has 0 aromatic carbocycles. The molecule has 1 unspecified atom stereocenters. The monoisotopic (exact) mass is 346 g/mol. The molecule has 138 valence electrons. The van der Waals surface area contributed by atoms with Crippen LogP contribution in [-0.2, 0) is 4.79 Å². The highest BCUT2D eigenvalue weighted by atomic mass is 16.2. The molecule has 0 bridgehead atoms. The zero-order valence-corrected chi connectivity index (χ0v) is 15.2. The third kappa shape index (κ3) is 4.83. The van der Waals surface area contributed by atoms with E-state index in [9.17, 15) is 9.59 Å². The fourth-order valence-corrected chi connectivity index (χ4v) is 3.87. The van der Waals surface area contributed by atoms with E-state index < -0.39 is 6.04 Å². The number of amides is 2. The molecule has 1 aromatic heterocycles. The number of hydrogen-bond acceptors (Lipinski definition) is 3. The van der Waals surface area contributed by atoms with Crippen LogP contribution in [0, 0.1) is 0 Å². The van der Waals surface area contributed by atoms with Gasteiger partial charge in [-0.15, -0.1) is 0 Å². The molecule has 1 heterocycles. The van der Waals surface area contributed by atoms with Crippen molar-refractivity contribution >= 4 is 11.8 Å². The second-order valence-corrected chi connectivity index (χ2v) is 7.51. The van der Waals surface area contributed by atoms with Gasteiger partial charge in [-0.3, -0.25) is 14.3 Å². The summed E-state index contributed by atoms with van der Waals surface area (Å²) in [6.45, 7) is 1.83. The molecule has 3 rings (SSSR count). The fraction of sp³-hybridized carbons (Fsp3) is 0.737. The molecule has 1 aromatic rings. The van der Waals surface area contributed by atoms with Crippen molar-refractivity contribution in [3.8, 4) is 0 Å². The molecule has 2 saturated carbocycles. The first-order valence-corrected chi connectivity index (χ1v) is 9.80. The summed E-state index contributed by atoms with van der Waals surface area (Å²) in [7, 11) is 0. The lowest BCUT2D eigenvalue weighted by molar-refractivity contribution is -0.125. The maximum atomic E-state index is 12.4. The fourth-order valence-electron chi connectivity index (χ4n) is 3.87. The average molecular weight is 346 g/mol. The Labute approximate surface area is 149 Å². The van der Waals surface area contributed by atoms with E-state index in [4.69, 9.17) is 0 Å². The lowest BCUT2D eigenvalue weighted by Gasteiger charge is -2.24. The van der Waals surface area contributed by atoms with E-state index in [1.165, 1.54) is 38.5 Å². The van der Waals surface area contributed by atoms with E-state index in [0.29, 0.717) is 5.69 Å². The first-order chi connectivity index (χ1) is 12.1. The zero-order chi connectivity index (χ0) is 17.6. The molecule has 25 heavy (non-hydrogen) atoms. The highest BCUT2D eigenvalue weighted by Gasteiger charge is 2.23. The van der Waals surface area contributed by atoms with Crippen LogP contribution >= 0.6 is 0 Å². The van der Waals surface area contributed by atoms with E-state index in [0.717, 1.165) is 25.7 Å². The van der Waals surface area contributed by atoms with E-state index in [1.807, 2.05) is 6.92 Å². The van der Waals surface area contributed by atoms with Crippen LogP contribution in [0.3, 0.4) is 0 Å². The molecule has 0 radical (unpaired) electrons. The average Bonchev–Trinajstić information content (AvgIpc) is 3.13. The van der Waals surface area contributed by atoms with Crippen molar-refractivity contribution < 1.29 is 9.59 Å². The summed E-state index contributed by atoms with van der Waals surface area (Å²) < 4.78 is 1.59. The summed E-state index contributed by atoms with van der Waals surface area (Å²) in [4.78, 5) is 24.8. The van der Waals surface area contributed by atoms with Gasteiger partial charge in [0.05, 0.1) is 0 Å². The van der Waals surface area contributed by atoms with Crippen LogP contribution in [0.1, 0.15) is 87.7 Å². The highest BCUT2D eigenvalue weighted by Crippen LogP contribution is 2.19. The number of carbonyl (C=O) groups is 2. The molecule has 1 atom stereocenters. The lowest BCUT2D eigenvalue weighted by atomic mass is 9.95. The summed E-state index contributed by atoms with van der Waals surface area (Å²) in [5.74, 6) is -0.153. The predicted octanol–water partition coefficient (Wildman–Crippen LogP) is 2.96. The molecular formula is C19H30N4O2. The molecule has 2 N–H and O–H groups in total. The maximum Gasteiger partial charge on any atom is 0.271 e. The van der Waals surface area contributed by atoms with Gasteiger partial charge in [0, 0.05) is 18.3 Å². The van der Waals surface area contributed by atoms with Crippen LogP contribution < -0.4 is 10.6 Å². The smallest absolute Gasteiger partial charge is 0.271 e. The van der Waals surface area contributed by atoms with Gasteiger partial charge in [0.15, 0.2) is 0 Å². The van der Waals surface area contributed by atoms with Crippen molar-refractivity contribution in [1.82, 2.24) is 20.4 Å². The molecule has 0 saturated heterocycles. The third-order valence-electron chi connectivity index (χ3n) is 5.51. The van der Waals surface area contributed by atoms with Gasteiger partial charge in [0.25, 0.3) is 5.91 Å². The second-order valence-electron chi connectivity index (χ2n) is 7.51. The summed E-state index contributed by atoms with van der Waals surface area (Å²) in [5.41, 5.74) is 0.392. The van der Waals surface area contributed by atoms with Gasteiger partial charge < -0.3 is 10.6 Å². The van der Waals surface area contributed by atoms with Gasteiger partial charge in [-0.05, 0) is 38.7 Å². The maximum absolute atomic E-state index is 12.4. The van der Waals surface area contributed by atoms with Gasteiger partial charge in [-0.2, -0.15) is 5.10 Å². The van der Waals surface area contributed by atoms with Crippen molar-refractivity contribution in [3.63, 3.8) is 0 Å². The summed E-state index contributed by atoms with van der Waals surface area (Å²) >= 11 is 0. The summed E-state index contributed by atoms with van der Waals surface area (Å²) in [5, 5.41) is 10.5. The van der Waals surface area contributed by atoms with Crippen molar-refractivity contribution in [2.24, 2.45) is 0 Å². The molecule has 0 aliphatic heterocycles. The Kier molecular flexibility index (Phi) is 6.10. The van der Waals surface area contributed by atoms with Gasteiger partial charge in [0.2, 0.25) is 5.91 Å². The van der Waals surface area contributed by atoms with Crippen molar-refractivity contribution in [1.29, 1.82) is 0 Å². The van der Waals surface area contributed by atoms with Crippen molar-refractivity contribution in [2.75, 3.05) is 0 Å². The van der Waals surface area contributed by atoms with Crippen LogP contribution in [0.4, 0.5) is 0 Å². The number of aromatic nitrogens is 2. The molecule has 6 nitrogen and oxygen atoms in total. The Morgan fingerprint density at radius 2 is 1.56 bits per heavy atom. The van der Waals surface area contributed by atoms with Crippen LogP contribution in [0.2, 0.25) is 0 Å². The Balaban J connectivity index is 1.53. The number of rotatable bonds is 5. The van der Waals surface area contributed by atoms with E-state index >= 15 is 0 Å². The molecular weight excluding hydrogens is 316 g/mol. The Morgan fingerprint density at radius 1 is 1.00 bits per heavy atom. The first kappa shape index (κ1) is 18.0. The first-order valence-electron chi connectivity index (χ1n) is 9.80. The van der Waals surface area contributed by atoms with Crippen LogP contribution in [-0.4, -0.2) is 33.7 Å². The van der Waals surface area contributed by atoms with Crippen molar-refractivity contribution in [3.05, 3.63) is 18.0 Å². The van der Waals surface area contributed by atoms with E-state index in [2.05, 4.69) is 15.7 Å². The standard InChI is InChI=1S/C19H30N4O2/c1-14(18(24)20-15-8-4-2-5-9-15)23-13-12-17(22-23)19(25)21-16-10-6-3-7-11-16/h12-16H,2-11H2,1H3,(H,20,24)(H,21,25). The molecule has 2 amide bonds.